The van der Waals surface area contributed by atoms with E-state index in [0.29, 0.717) is 12.8 Å². The Morgan fingerprint density at radius 1 is 0.519 bits per heavy atom. The molecule has 8 heteroatoms. The molecule has 0 unspecified atom stereocenters. The average molecular weight is 1050 g/mol. The summed E-state index contributed by atoms with van der Waals surface area (Å²) in [7, 11) is -0.352. The van der Waals surface area contributed by atoms with Crippen molar-refractivity contribution in [3.63, 3.8) is 0 Å². The summed E-state index contributed by atoms with van der Waals surface area (Å²) in [6.07, 6.45) is 19.6. The van der Waals surface area contributed by atoms with Gasteiger partial charge in [0, 0.05) is 22.6 Å². The Balaban J connectivity index is 0.000000316. The van der Waals surface area contributed by atoms with Gasteiger partial charge in [-0.2, -0.15) is 9.59 Å². The molecule has 0 spiro atoms. The monoisotopic (exact) mass is 1050 g/mol. The van der Waals surface area contributed by atoms with Gasteiger partial charge >= 0.3 is 13.3 Å². The molecule has 1 aliphatic heterocycles. The Bertz CT molecular complexity index is 2770. The predicted octanol–water partition coefficient (Wildman–Crippen LogP) is 16.3. The Labute approximate surface area is 466 Å². The molecule has 0 aliphatic carbocycles. The molecule has 4 aromatic carbocycles. The molecular weight excluding hydrogens is 950 g/mol. The maximum Gasteiger partial charge on any atom is 0.495 e. The molecule has 7 nitrogen and oxygen atoms in total. The van der Waals surface area contributed by atoms with Crippen LogP contribution >= 0.6 is 0 Å². The standard InChI is InChI=1S/C35H47NO.C33H49BO3.CO2/c1-9-14-28-15-18-32(36-24-28)33-26(7)22-31(23-27(33)8)35(12-4,13-5)30-17-16-29(25(6)21-30)19-20-34(37,10-2)11-3;1-12-32(35,13-2)19-18-26-16-17-27(20-23(26)5)33(14-3,15-4)28-21-24(6)29(25(7)22-28)34-36-30(8,9)31(10,11)37-34;2-1-3/h15-24,37H,9-14H2,1-8H3;16-22,35H,12-15H2,1-11H3;/b20-19+;19-18+;. The zero-order valence-electron chi connectivity index (χ0n) is 50.9. The number of aliphatic hydroxyl groups is 2. The summed E-state index contributed by atoms with van der Waals surface area (Å²) < 4.78 is 12.8. The van der Waals surface area contributed by atoms with Crippen molar-refractivity contribution in [2.75, 3.05) is 0 Å². The van der Waals surface area contributed by atoms with Gasteiger partial charge in [0.15, 0.2) is 0 Å². The molecule has 6 rings (SSSR count). The number of carbonyl (C=O) groups excluding carboxylic acids is 2. The van der Waals surface area contributed by atoms with Crippen molar-refractivity contribution >= 4 is 30.9 Å². The first-order valence-electron chi connectivity index (χ1n) is 28.9. The third-order valence-corrected chi connectivity index (χ3v) is 18.0. The summed E-state index contributed by atoms with van der Waals surface area (Å²) >= 11 is 0. The van der Waals surface area contributed by atoms with Crippen LogP contribution in [0, 0.1) is 41.5 Å². The zero-order chi connectivity index (χ0) is 57.7. The first-order chi connectivity index (χ1) is 36.3. The molecule has 1 aliphatic rings. The van der Waals surface area contributed by atoms with Crippen LogP contribution in [0.15, 0.2) is 91.1 Å². The molecule has 416 valence electrons. The molecule has 0 atom stereocenters. The van der Waals surface area contributed by atoms with E-state index in [0.717, 1.165) is 68.1 Å². The highest BCUT2D eigenvalue weighted by Crippen LogP contribution is 2.44. The largest absolute Gasteiger partial charge is 0.495 e. The second-order valence-corrected chi connectivity index (χ2v) is 23.0. The summed E-state index contributed by atoms with van der Waals surface area (Å²) in [5.74, 6) is 0. The number of hydrogen-bond acceptors (Lipinski definition) is 7. The van der Waals surface area contributed by atoms with Crippen LogP contribution in [0.25, 0.3) is 23.4 Å². The molecule has 0 radical (unpaired) electrons. The number of benzene rings is 4. The van der Waals surface area contributed by atoms with E-state index in [1.165, 1.54) is 72.3 Å². The minimum absolute atomic E-state index is 0.0486. The second-order valence-electron chi connectivity index (χ2n) is 23.0. The van der Waals surface area contributed by atoms with E-state index in [1.807, 2.05) is 46.0 Å². The van der Waals surface area contributed by atoms with Crippen molar-refractivity contribution in [2.24, 2.45) is 0 Å². The second kappa shape index (κ2) is 27.1. The third-order valence-electron chi connectivity index (χ3n) is 18.0. The first kappa shape index (κ1) is 64.3. The Morgan fingerprint density at radius 3 is 1.19 bits per heavy atom. The fraction of sp³-hybridized carbons (Fsp3) is 0.507. The van der Waals surface area contributed by atoms with Gasteiger partial charge in [0.2, 0.25) is 0 Å². The maximum absolute atomic E-state index is 10.7. The topological polar surface area (TPSA) is 106 Å². The smallest absolute Gasteiger partial charge is 0.399 e. The van der Waals surface area contributed by atoms with E-state index < -0.39 is 11.2 Å². The molecule has 77 heavy (non-hydrogen) atoms. The van der Waals surface area contributed by atoms with Gasteiger partial charge in [-0.25, -0.2) is 0 Å². The maximum atomic E-state index is 10.7. The number of pyridine rings is 1. The molecule has 0 saturated carbocycles. The van der Waals surface area contributed by atoms with Gasteiger partial charge < -0.3 is 19.5 Å². The van der Waals surface area contributed by atoms with E-state index in [1.54, 1.807) is 0 Å². The van der Waals surface area contributed by atoms with Crippen LogP contribution in [0.1, 0.15) is 220 Å². The number of hydrogen-bond donors (Lipinski definition) is 2. The number of aryl methyl sites for hydroxylation is 7. The van der Waals surface area contributed by atoms with Gasteiger partial charge in [0.05, 0.1) is 28.1 Å². The van der Waals surface area contributed by atoms with Crippen molar-refractivity contribution in [3.05, 3.63) is 163 Å². The highest BCUT2D eigenvalue weighted by Gasteiger charge is 2.52. The lowest BCUT2D eigenvalue weighted by Crippen LogP contribution is -2.41. The van der Waals surface area contributed by atoms with Gasteiger partial charge in [-0.05, 0) is 200 Å². The normalized spacial score (nSPS) is 14.6. The van der Waals surface area contributed by atoms with Gasteiger partial charge in [-0.1, -0.05) is 171 Å². The average Bonchev–Trinajstić information content (AvgIpc) is 3.61. The van der Waals surface area contributed by atoms with Gasteiger partial charge in [-0.3, -0.25) is 4.98 Å². The molecular formula is C69H96BNO6. The van der Waals surface area contributed by atoms with Gasteiger partial charge in [0.1, 0.15) is 0 Å². The Hall–Kier alpha value is -5.21. The number of nitrogens with zero attached hydrogens (tertiary/aromatic N) is 1. The molecule has 1 fully saturated rings. The zero-order valence-corrected chi connectivity index (χ0v) is 50.9. The molecule has 2 heterocycles. The fourth-order valence-electron chi connectivity index (χ4n) is 11.5. The Morgan fingerprint density at radius 2 is 0.883 bits per heavy atom. The SMILES string of the molecule is CCC(O)(/C=C/c1ccc(C(CC)(CC)c2cc(C)c(B3OC(C)(C)C(C)(C)O3)c(C)c2)cc1C)CC.CCCc1ccc(-c2c(C)cc(C(CC)(CC)c3ccc(/C=C/C(O)(CC)CC)c(C)c3)cc2C)nc1.O=C=O. The van der Waals surface area contributed by atoms with E-state index in [2.05, 4.69) is 189 Å². The molecule has 0 amide bonds. The summed E-state index contributed by atoms with van der Waals surface area (Å²) in [6, 6.07) is 27.6. The summed E-state index contributed by atoms with van der Waals surface area (Å²) in [5, 5.41) is 21.4. The van der Waals surface area contributed by atoms with E-state index >= 15 is 0 Å². The van der Waals surface area contributed by atoms with Crippen LogP contribution in [-0.2, 0) is 36.1 Å². The van der Waals surface area contributed by atoms with E-state index in [-0.39, 0.29) is 35.3 Å². The van der Waals surface area contributed by atoms with Crippen molar-refractivity contribution < 1.29 is 29.1 Å². The highest BCUT2D eigenvalue weighted by molar-refractivity contribution is 6.63. The van der Waals surface area contributed by atoms with E-state index in [4.69, 9.17) is 23.9 Å². The van der Waals surface area contributed by atoms with Gasteiger partial charge in [-0.15, -0.1) is 0 Å². The third kappa shape index (κ3) is 14.4. The van der Waals surface area contributed by atoms with Crippen molar-refractivity contribution in [1.82, 2.24) is 4.98 Å². The minimum Gasteiger partial charge on any atom is -0.399 e. The van der Waals surface area contributed by atoms with Crippen molar-refractivity contribution in [3.8, 4) is 11.3 Å². The highest BCUT2D eigenvalue weighted by atomic mass is 16.7. The summed E-state index contributed by atoms with van der Waals surface area (Å²) in [5.41, 5.74) is 17.7. The lowest BCUT2D eigenvalue weighted by atomic mass is 9.66. The summed E-state index contributed by atoms with van der Waals surface area (Å²) in [6.45, 7) is 41.2. The van der Waals surface area contributed by atoms with Crippen LogP contribution in [0.2, 0.25) is 0 Å². The van der Waals surface area contributed by atoms with E-state index in [9.17, 15) is 10.2 Å². The predicted molar refractivity (Wildman–Crippen MR) is 324 cm³/mol. The summed E-state index contributed by atoms with van der Waals surface area (Å²) in [4.78, 5) is 21.1. The van der Waals surface area contributed by atoms with Crippen LogP contribution in [-0.4, -0.2) is 50.9 Å². The molecule has 2 N–H and O–H groups in total. The van der Waals surface area contributed by atoms with Gasteiger partial charge in [0.25, 0.3) is 0 Å². The molecule has 0 bridgehead atoms. The van der Waals surface area contributed by atoms with Crippen LogP contribution in [0.4, 0.5) is 0 Å². The lowest BCUT2D eigenvalue weighted by Gasteiger charge is -2.35. The molecule has 1 saturated heterocycles. The van der Waals surface area contributed by atoms with Crippen LogP contribution < -0.4 is 5.46 Å². The Kier molecular flexibility index (Phi) is 22.6. The molecule has 1 aromatic heterocycles. The van der Waals surface area contributed by atoms with Crippen LogP contribution in [0.3, 0.4) is 0 Å². The molecule has 5 aromatic rings. The van der Waals surface area contributed by atoms with Crippen molar-refractivity contribution in [1.29, 1.82) is 0 Å². The minimum atomic E-state index is -0.740. The van der Waals surface area contributed by atoms with Crippen molar-refractivity contribution in [2.45, 2.75) is 229 Å². The fourth-order valence-corrected chi connectivity index (χ4v) is 11.5. The van der Waals surface area contributed by atoms with Crippen LogP contribution in [0.5, 0.6) is 0 Å². The number of aromatic nitrogens is 1. The number of rotatable bonds is 20. The lowest BCUT2D eigenvalue weighted by molar-refractivity contribution is -0.191. The quantitative estimate of drug-likeness (QED) is 0.0748. The first-order valence-corrected chi connectivity index (χ1v) is 28.9.